The third-order valence-electron chi connectivity index (χ3n) is 5.51. The number of benzene rings is 3. The number of ether oxygens (including phenoxy) is 1. The zero-order chi connectivity index (χ0) is 23.4. The van der Waals surface area contributed by atoms with E-state index in [9.17, 15) is 24.4 Å². The first kappa shape index (κ1) is 22.0. The van der Waals surface area contributed by atoms with Crippen LogP contribution in [0.4, 0.5) is 14.9 Å². The number of fused-ring (bicyclic) bond motifs is 3. The van der Waals surface area contributed by atoms with Gasteiger partial charge in [0.2, 0.25) is 0 Å². The fraction of sp³-hybridized carbons (Fsp3) is 0.160. The van der Waals surface area contributed by atoms with Crippen LogP contribution in [0.1, 0.15) is 29.0 Å². The molecule has 3 aromatic carbocycles. The first-order valence-corrected chi connectivity index (χ1v) is 10.4. The number of nitro groups is 1. The van der Waals surface area contributed by atoms with Crippen molar-refractivity contribution in [2.45, 2.75) is 12.3 Å². The number of halogens is 1. The average Bonchev–Trinajstić information content (AvgIpc) is 3.12. The summed E-state index contributed by atoms with van der Waals surface area (Å²) in [6.07, 6.45) is 2.74. The van der Waals surface area contributed by atoms with E-state index in [1.165, 1.54) is 6.08 Å². The van der Waals surface area contributed by atoms with E-state index in [-0.39, 0.29) is 24.6 Å². The van der Waals surface area contributed by atoms with E-state index in [1.54, 1.807) is 6.08 Å². The van der Waals surface area contributed by atoms with Crippen LogP contribution in [0.15, 0.2) is 66.7 Å². The molecule has 0 saturated heterocycles. The highest BCUT2D eigenvalue weighted by Gasteiger charge is 2.28. The summed E-state index contributed by atoms with van der Waals surface area (Å²) in [7, 11) is 0. The van der Waals surface area contributed by atoms with Crippen molar-refractivity contribution in [1.29, 1.82) is 0 Å². The summed E-state index contributed by atoms with van der Waals surface area (Å²) in [5.41, 5.74) is 3.94. The van der Waals surface area contributed by atoms with E-state index in [0.717, 1.165) is 28.3 Å². The number of hydrogen-bond acceptors (Lipinski definition) is 5. The average molecular weight is 448 g/mol. The quantitative estimate of drug-likeness (QED) is 0.287. The van der Waals surface area contributed by atoms with Crippen molar-refractivity contribution in [3.8, 4) is 16.9 Å². The van der Waals surface area contributed by atoms with Crippen molar-refractivity contribution in [3.05, 3.63) is 99.4 Å². The van der Waals surface area contributed by atoms with Crippen LogP contribution in [0, 0.1) is 15.9 Å². The van der Waals surface area contributed by atoms with Gasteiger partial charge in [-0.3, -0.25) is 10.1 Å². The Bertz CT molecular complexity index is 1200. The number of nitrogens with zero attached hydrogens (tertiary/aromatic N) is 1. The summed E-state index contributed by atoms with van der Waals surface area (Å²) in [5.74, 6) is -1.54. The SMILES string of the molecule is O=C(NCCC=Cc1cc([N+](=O)[O-])c(O)cc1F)OCC1c2ccccc2-c2ccccc21. The maximum atomic E-state index is 13.9. The highest BCUT2D eigenvalue weighted by molar-refractivity contribution is 5.79. The molecule has 168 valence electrons. The molecule has 33 heavy (non-hydrogen) atoms. The Hall–Kier alpha value is -4.20. The van der Waals surface area contributed by atoms with Gasteiger partial charge < -0.3 is 15.2 Å². The van der Waals surface area contributed by atoms with Gasteiger partial charge in [-0.2, -0.15) is 0 Å². The molecule has 4 rings (SSSR count). The predicted molar refractivity (Wildman–Crippen MR) is 121 cm³/mol. The number of alkyl carbamates (subject to hydrolysis) is 1. The standard InChI is InChI=1S/C25H21FN2O5/c26-22-14-24(29)23(28(31)32)13-16(22)7-5-6-12-27-25(30)33-15-21-19-10-3-1-8-17(19)18-9-2-4-11-20(18)21/h1-5,7-11,13-14,21,29H,6,12,15H2,(H,27,30). The van der Waals surface area contributed by atoms with E-state index in [2.05, 4.69) is 17.4 Å². The number of nitro benzene ring substituents is 1. The van der Waals surface area contributed by atoms with Crippen molar-refractivity contribution in [2.75, 3.05) is 13.2 Å². The number of phenolic OH excluding ortho intramolecular Hbond substituents is 1. The normalized spacial score (nSPS) is 12.4. The summed E-state index contributed by atoms with van der Waals surface area (Å²) >= 11 is 0. The van der Waals surface area contributed by atoms with Crippen LogP contribution < -0.4 is 5.32 Å². The number of amides is 1. The molecule has 0 bridgehead atoms. The van der Waals surface area contributed by atoms with E-state index in [4.69, 9.17) is 4.74 Å². The van der Waals surface area contributed by atoms with Crippen LogP contribution in [-0.2, 0) is 4.74 Å². The molecule has 0 spiro atoms. The van der Waals surface area contributed by atoms with Crippen LogP contribution in [0.25, 0.3) is 17.2 Å². The smallest absolute Gasteiger partial charge is 0.407 e. The number of carbonyl (C=O) groups excluding carboxylic acids is 1. The topological polar surface area (TPSA) is 102 Å². The van der Waals surface area contributed by atoms with Crippen LogP contribution >= 0.6 is 0 Å². The van der Waals surface area contributed by atoms with Crippen molar-refractivity contribution in [2.24, 2.45) is 0 Å². The van der Waals surface area contributed by atoms with Crippen molar-refractivity contribution >= 4 is 17.9 Å². The van der Waals surface area contributed by atoms with Crippen LogP contribution in [0.3, 0.4) is 0 Å². The predicted octanol–water partition coefficient (Wildman–Crippen LogP) is 5.38. The van der Waals surface area contributed by atoms with Crippen LogP contribution in [-0.4, -0.2) is 29.3 Å². The molecule has 0 atom stereocenters. The Morgan fingerprint density at radius 3 is 2.39 bits per heavy atom. The van der Waals surface area contributed by atoms with Gasteiger partial charge in [0.1, 0.15) is 12.4 Å². The molecule has 0 heterocycles. The molecule has 0 aromatic heterocycles. The summed E-state index contributed by atoms with van der Waals surface area (Å²) in [5, 5.41) is 22.9. The number of hydrogen-bond donors (Lipinski definition) is 2. The van der Waals surface area contributed by atoms with Gasteiger partial charge in [-0.05, 0) is 28.7 Å². The van der Waals surface area contributed by atoms with Gasteiger partial charge in [0, 0.05) is 30.2 Å². The van der Waals surface area contributed by atoms with E-state index in [0.29, 0.717) is 12.5 Å². The lowest BCUT2D eigenvalue weighted by atomic mass is 9.98. The molecule has 1 amide bonds. The molecule has 0 unspecified atom stereocenters. The molecule has 0 saturated carbocycles. The van der Waals surface area contributed by atoms with E-state index >= 15 is 0 Å². The Kier molecular flexibility index (Phi) is 6.35. The molecule has 8 heteroatoms. The zero-order valence-electron chi connectivity index (χ0n) is 17.5. The first-order chi connectivity index (χ1) is 16.0. The molecular weight excluding hydrogens is 427 g/mol. The maximum Gasteiger partial charge on any atom is 0.407 e. The van der Waals surface area contributed by atoms with Gasteiger partial charge in [-0.25, -0.2) is 9.18 Å². The molecule has 1 aliphatic carbocycles. The first-order valence-electron chi connectivity index (χ1n) is 10.4. The van der Waals surface area contributed by atoms with E-state index < -0.39 is 28.3 Å². The van der Waals surface area contributed by atoms with Crippen molar-refractivity contribution in [1.82, 2.24) is 5.32 Å². The molecule has 0 aliphatic heterocycles. The van der Waals surface area contributed by atoms with Crippen molar-refractivity contribution < 1.29 is 24.0 Å². The Balaban J connectivity index is 1.29. The van der Waals surface area contributed by atoms with Gasteiger partial charge in [0.05, 0.1) is 4.92 Å². The van der Waals surface area contributed by atoms with Gasteiger partial charge in [0.15, 0.2) is 5.75 Å². The third kappa shape index (κ3) is 4.69. The second kappa shape index (κ2) is 9.52. The van der Waals surface area contributed by atoms with Crippen molar-refractivity contribution in [3.63, 3.8) is 0 Å². The van der Waals surface area contributed by atoms with Gasteiger partial charge in [-0.15, -0.1) is 0 Å². The number of aromatic hydroxyl groups is 1. The fourth-order valence-electron chi connectivity index (χ4n) is 3.96. The number of phenols is 1. The summed E-state index contributed by atoms with van der Waals surface area (Å²) in [6, 6.07) is 17.8. The molecule has 7 nitrogen and oxygen atoms in total. The summed E-state index contributed by atoms with van der Waals surface area (Å²) in [6.45, 7) is 0.451. The number of nitrogens with one attached hydrogen (secondary N) is 1. The third-order valence-corrected chi connectivity index (χ3v) is 5.51. The molecule has 2 N–H and O–H groups in total. The zero-order valence-corrected chi connectivity index (χ0v) is 17.5. The lowest BCUT2D eigenvalue weighted by Gasteiger charge is -2.14. The Morgan fingerprint density at radius 2 is 1.76 bits per heavy atom. The lowest BCUT2D eigenvalue weighted by molar-refractivity contribution is -0.385. The molecule has 1 aliphatic rings. The minimum Gasteiger partial charge on any atom is -0.502 e. The molecule has 0 fully saturated rings. The largest absolute Gasteiger partial charge is 0.502 e. The minimum absolute atomic E-state index is 0.0272. The second-order valence-corrected chi connectivity index (χ2v) is 7.56. The molecule has 3 aromatic rings. The van der Waals surface area contributed by atoms with Gasteiger partial charge >= 0.3 is 11.8 Å². The van der Waals surface area contributed by atoms with Crippen LogP contribution in [0.5, 0.6) is 5.75 Å². The molecular formula is C25H21FN2O5. The Labute approximate surface area is 189 Å². The van der Waals surface area contributed by atoms with Gasteiger partial charge in [-0.1, -0.05) is 60.7 Å². The highest BCUT2D eigenvalue weighted by atomic mass is 19.1. The minimum atomic E-state index is -0.787. The molecule has 0 radical (unpaired) electrons. The highest BCUT2D eigenvalue weighted by Crippen LogP contribution is 2.44. The monoisotopic (exact) mass is 448 g/mol. The lowest BCUT2D eigenvalue weighted by Crippen LogP contribution is -2.26. The Morgan fingerprint density at radius 1 is 1.12 bits per heavy atom. The summed E-state index contributed by atoms with van der Waals surface area (Å²) in [4.78, 5) is 22.2. The maximum absolute atomic E-state index is 13.9. The summed E-state index contributed by atoms with van der Waals surface area (Å²) < 4.78 is 19.3. The van der Waals surface area contributed by atoms with Crippen LogP contribution in [0.2, 0.25) is 0 Å². The number of rotatable bonds is 7. The van der Waals surface area contributed by atoms with Gasteiger partial charge in [0.25, 0.3) is 0 Å². The fourth-order valence-corrected chi connectivity index (χ4v) is 3.96. The van der Waals surface area contributed by atoms with E-state index in [1.807, 2.05) is 36.4 Å². The second-order valence-electron chi connectivity index (χ2n) is 7.56. The number of carbonyl (C=O) groups is 1.